The molecule has 1 heterocycles. The zero-order chi connectivity index (χ0) is 21.0. The number of ether oxygens (including phenoxy) is 1. The van der Waals surface area contributed by atoms with Crippen molar-refractivity contribution in [2.45, 2.75) is 6.92 Å². The van der Waals surface area contributed by atoms with E-state index in [1.165, 1.54) is 0 Å². The number of carbonyl (C=O) groups excluding carboxylic acids is 1. The Morgan fingerprint density at radius 1 is 0.900 bits per heavy atom. The lowest BCUT2D eigenvalue weighted by molar-refractivity contribution is 0.0492. The Kier molecular flexibility index (Phi) is 5.70. The number of para-hydroxylation sites is 2. The van der Waals surface area contributed by atoms with Crippen LogP contribution in [0.3, 0.4) is 0 Å². The SMILES string of the molecule is CCOC(=O)c1cc2cc([P+](O)(Oc3ccccc3)Oc3ccccc3)ccc2o1. The number of furan rings is 1. The molecule has 3 aromatic carbocycles. The molecular weight excluding hydrogens is 403 g/mol. The average Bonchev–Trinajstić information content (AvgIpc) is 3.19. The lowest BCUT2D eigenvalue weighted by Gasteiger charge is -2.17. The summed E-state index contributed by atoms with van der Waals surface area (Å²) in [6.07, 6.45) is 0. The second-order valence-electron chi connectivity index (χ2n) is 6.38. The zero-order valence-electron chi connectivity index (χ0n) is 16.2. The molecule has 0 atom stereocenters. The standard InChI is InChI=1S/C23H20O6P/c1-2-26-23(24)22-16-17-15-20(13-14-21(17)27-22)30(25,28-18-9-5-3-6-10-18)29-19-11-7-4-8-12-19/h3-16,25H,2H2,1H3/q+1. The fourth-order valence-electron chi connectivity index (χ4n) is 2.88. The highest BCUT2D eigenvalue weighted by molar-refractivity contribution is 7.69. The summed E-state index contributed by atoms with van der Waals surface area (Å²) in [7, 11) is -3.55. The number of hydrogen-bond donors (Lipinski definition) is 1. The van der Waals surface area contributed by atoms with Crippen LogP contribution in [0.4, 0.5) is 0 Å². The van der Waals surface area contributed by atoms with Gasteiger partial charge in [0.25, 0.3) is 0 Å². The van der Waals surface area contributed by atoms with Gasteiger partial charge >= 0.3 is 13.9 Å². The summed E-state index contributed by atoms with van der Waals surface area (Å²) in [5.41, 5.74) is 0.493. The van der Waals surface area contributed by atoms with E-state index in [1.807, 2.05) is 36.4 Å². The predicted octanol–water partition coefficient (Wildman–Crippen LogP) is 5.15. The summed E-state index contributed by atoms with van der Waals surface area (Å²) < 4.78 is 22.5. The minimum absolute atomic E-state index is 0.0961. The third-order valence-electron chi connectivity index (χ3n) is 4.25. The van der Waals surface area contributed by atoms with Gasteiger partial charge in [-0.25, -0.2) is 4.79 Å². The quantitative estimate of drug-likeness (QED) is 0.327. The Hall–Kier alpha value is -3.34. The van der Waals surface area contributed by atoms with Gasteiger partial charge in [0.05, 0.1) is 6.61 Å². The van der Waals surface area contributed by atoms with Crippen LogP contribution in [0.5, 0.6) is 11.5 Å². The first-order chi connectivity index (χ1) is 14.6. The van der Waals surface area contributed by atoms with Crippen molar-refractivity contribution >= 4 is 30.2 Å². The summed E-state index contributed by atoms with van der Waals surface area (Å²) >= 11 is 0. The lowest BCUT2D eigenvalue weighted by atomic mass is 10.2. The molecule has 6 nitrogen and oxygen atoms in total. The molecule has 0 radical (unpaired) electrons. The molecule has 4 rings (SSSR count). The van der Waals surface area contributed by atoms with Crippen LogP contribution in [-0.4, -0.2) is 17.5 Å². The first-order valence-electron chi connectivity index (χ1n) is 9.40. The van der Waals surface area contributed by atoms with Gasteiger partial charge in [-0.15, -0.1) is 0 Å². The number of esters is 1. The van der Waals surface area contributed by atoms with Gasteiger partial charge in [-0.2, -0.15) is 4.89 Å². The Morgan fingerprint density at radius 3 is 2.07 bits per heavy atom. The molecule has 0 fully saturated rings. The Balaban J connectivity index is 1.73. The summed E-state index contributed by atoms with van der Waals surface area (Å²) in [6.45, 7) is 1.98. The van der Waals surface area contributed by atoms with Gasteiger partial charge in [-0.05, 0) is 49.4 Å². The first kappa shape index (κ1) is 20.0. The van der Waals surface area contributed by atoms with Crippen LogP contribution in [0.15, 0.2) is 89.3 Å². The molecule has 4 aromatic rings. The monoisotopic (exact) mass is 423 g/mol. The third kappa shape index (κ3) is 4.30. The van der Waals surface area contributed by atoms with Gasteiger partial charge in [0.2, 0.25) is 11.1 Å². The van der Waals surface area contributed by atoms with E-state index in [9.17, 15) is 9.69 Å². The maximum atomic E-state index is 12.0. The van der Waals surface area contributed by atoms with Gasteiger partial charge in [0, 0.05) is 11.5 Å². The topological polar surface area (TPSA) is 78.1 Å². The molecule has 30 heavy (non-hydrogen) atoms. The average molecular weight is 423 g/mol. The number of rotatable bonds is 7. The second-order valence-corrected chi connectivity index (χ2v) is 8.30. The number of carbonyl (C=O) groups is 1. The van der Waals surface area contributed by atoms with E-state index < -0.39 is 13.9 Å². The fraction of sp³-hybridized carbons (Fsp3) is 0.0870. The van der Waals surface area contributed by atoms with Gasteiger partial charge < -0.3 is 9.15 Å². The Labute approximate surface area is 174 Å². The van der Waals surface area contributed by atoms with Crippen LogP contribution >= 0.6 is 7.94 Å². The van der Waals surface area contributed by atoms with Gasteiger partial charge in [0.1, 0.15) is 5.58 Å². The molecule has 0 bridgehead atoms. The second kappa shape index (κ2) is 8.57. The molecule has 0 amide bonds. The summed E-state index contributed by atoms with van der Waals surface area (Å²) in [6, 6.07) is 24.6. The molecule has 1 N–H and O–H groups in total. The van der Waals surface area contributed by atoms with Crippen LogP contribution in [0.25, 0.3) is 11.0 Å². The Bertz CT molecular complexity index is 1100. The van der Waals surface area contributed by atoms with Gasteiger partial charge in [-0.1, -0.05) is 36.4 Å². The first-order valence-corrected chi connectivity index (χ1v) is 11.0. The zero-order valence-corrected chi connectivity index (χ0v) is 17.1. The minimum atomic E-state index is -3.55. The largest absolute Gasteiger partial charge is 0.533 e. The molecule has 1 aromatic heterocycles. The van der Waals surface area contributed by atoms with Crippen molar-refractivity contribution in [3.63, 3.8) is 0 Å². The smallest absolute Gasteiger partial charge is 0.460 e. The third-order valence-corrected chi connectivity index (χ3v) is 6.09. The molecule has 0 aliphatic rings. The summed E-state index contributed by atoms with van der Waals surface area (Å²) in [5.74, 6) is 0.507. The summed E-state index contributed by atoms with van der Waals surface area (Å²) in [4.78, 5) is 23.5. The van der Waals surface area contributed by atoms with Crippen molar-refractivity contribution in [1.29, 1.82) is 0 Å². The maximum absolute atomic E-state index is 12.0. The molecule has 0 saturated heterocycles. The highest BCUT2D eigenvalue weighted by Crippen LogP contribution is 2.55. The van der Waals surface area contributed by atoms with Crippen molar-refractivity contribution < 1.29 is 27.9 Å². The van der Waals surface area contributed by atoms with Gasteiger partial charge in [-0.3, -0.25) is 9.05 Å². The number of fused-ring (bicyclic) bond motifs is 1. The van der Waals surface area contributed by atoms with Crippen LogP contribution in [0.2, 0.25) is 0 Å². The molecular formula is C23H20O6P+. The fourth-order valence-corrected chi connectivity index (χ4v) is 4.51. The van der Waals surface area contributed by atoms with E-state index in [0.29, 0.717) is 27.8 Å². The molecule has 0 aliphatic carbocycles. The Morgan fingerprint density at radius 2 is 1.50 bits per heavy atom. The highest BCUT2D eigenvalue weighted by atomic mass is 31.2. The van der Waals surface area contributed by atoms with Crippen LogP contribution in [0, 0.1) is 0 Å². The van der Waals surface area contributed by atoms with Crippen LogP contribution in [-0.2, 0) is 4.74 Å². The predicted molar refractivity (Wildman–Crippen MR) is 115 cm³/mol. The van der Waals surface area contributed by atoms with Crippen molar-refractivity contribution in [1.82, 2.24) is 0 Å². The maximum Gasteiger partial charge on any atom is 0.533 e. The molecule has 0 spiro atoms. The number of benzene rings is 3. The number of hydrogen-bond acceptors (Lipinski definition) is 6. The van der Waals surface area contributed by atoms with Crippen molar-refractivity contribution in [3.8, 4) is 11.5 Å². The van der Waals surface area contributed by atoms with E-state index in [0.717, 1.165) is 0 Å². The van der Waals surface area contributed by atoms with Crippen molar-refractivity contribution in [3.05, 3.63) is 90.7 Å². The van der Waals surface area contributed by atoms with E-state index >= 15 is 0 Å². The van der Waals surface area contributed by atoms with Crippen molar-refractivity contribution in [2.75, 3.05) is 6.61 Å². The van der Waals surface area contributed by atoms with E-state index in [-0.39, 0.29) is 12.4 Å². The lowest BCUT2D eigenvalue weighted by Crippen LogP contribution is -2.20. The molecule has 0 aliphatic heterocycles. The van der Waals surface area contributed by atoms with Crippen LogP contribution in [0.1, 0.15) is 17.5 Å². The van der Waals surface area contributed by atoms with Gasteiger partial charge in [0.15, 0.2) is 11.5 Å². The highest BCUT2D eigenvalue weighted by Gasteiger charge is 2.47. The molecule has 152 valence electrons. The minimum Gasteiger partial charge on any atom is -0.460 e. The molecule has 7 heteroatoms. The van der Waals surface area contributed by atoms with E-state index in [4.69, 9.17) is 18.2 Å². The van der Waals surface area contributed by atoms with E-state index in [2.05, 4.69) is 0 Å². The molecule has 0 saturated carbocycles. The van der Waals surface area contributed by atoms with Crippen molar-refractivity contribution in [2.24, 2.45) is 0 Å². The van der Waals surface area contributed by atoms with Crippen LogP contribution < -0.4 is 14.4 Å². The van der Waals surface area contributed by atoms with E-state index in [1.54, 1.807) is 55.5 Å². The summed E-state index contributed by atoms with van der Waals surface area (Å²) in [5, 5.41) is 1.07. The normalized spacial score (nSPS) is 11.3. The molecule has 0 unspecified atom stereocenters.